The molecule has 5 nitrogen and oxygen atoms in total. The molecule has 0 saturated heterocycles. The first-order chi connectivity index (χ1) is 12.3. The average Bonchev–Trinajstić information content (AvgIpc) is 2.65. The average molecular weight is 372 g/mol. The molecule has 0 aromatic heterocycles. The van der Waals surface area contributed by atoms with E-state index in [0.717, 1.165) is 29.7 Å². The molecule has 1 amide bonds. The van der Waals surface area contributed by atoms with E-state index in [1.807, 2.05) is 32.0 Å². The summed E-state index contributed by atoms with van der Waals surface area (Å²) in [6.45, 7) is 4.46. The summed E-state index contributed by atoms with van der Waals surface area (Å²) < 4.78 is 27.4. The van der Waals surface area contributed by atoms with E-state index >= 15 is 0 Å². The van der Waals surface area contributed by atoms with Crippen molar-refractivity contribution >= 4 is 27.3 Å². The van der Waals surface area contributed by atoms with Gasteiger partial charge in [-0.1, -0.05) is 19.1 Å². The second-order valence-electron chi connectivity index (χ2n) is 6.60. The molecule has 0 unspecified atom stereocenters. The van der Waals surface area contributed by atoms with Crippen LogP contribution in [0.3, 0.4) is 0 Å². The maximum absolute atomic E-state index is 13.0. The van der Waals surface area contributed by atoms with E-state index in [2.05, 4.69) is 0 Å². The molecule has 2 aromatic carbocycles. The monoisotopic (exact) mass is 372 g/mol. The van der Waals surface area contributed by atoms with Crippen LogP contribution in [0.25, 0.3) is 0 Å². The van der Waals surface area contributed by atoms with Crippen molar-refractivity contribution in [3.8, 4) is 0 Å². The summed E-state index contributed by atoms with van der Waals surface area (Å²) in [5.74, 6) is 0.0680. The Morgan fingerprint density at radius 3 is 2.65 bits per heavy atom. The molecule has 0 bridgehead atoms. The lowest BCUT2D eigenvalue weighted by Crippen LogP contribution is -2.35. The largest absolute Gasteiger partial charge is 0.312 e. The highest BCUT2D eigenvalue weighted by molar-refractivity contribution is 7.92. The number of benzene rings is 2. The molecule has 0 N–H and O–H groups in total. The van der Waals surface area contributed by atoms with Crippen LogP contribution >= 0.6 is 0 Å². The van der Waals surface area contributed by atoms with Crippen molar-refractivity contribution in [1.29, 1.82) is 0 Å². The first-order valence-electron chi connectivity index (χ1n) is 8.83. The van der Waals surface area contributed by atoms with E-state index in [0.29, 0.717) is 18.7 Å². The summed E-state index contributed by atoms with van der Waals surface area (Å²) in [6.07, 6.45) is 2.06. The van der Waals surface area contributed by atoms with Gasteiger partial charge in [0.1, 0.15) is 0 Å². The van der Waals surface area contributed by atoms with Gasteiger partial charge in [-0.3, -0.25) is 9.10 Å². The van der Waals surface area contributed by atoms with Crippen LogP contribution in [0.1, 0.15) is 30.9 Å². The number of hydrogen-bond donors (Lipinski definition) is 0. The van der Waals surface area contributed by atoms with E-state index in [1.165, 1.54) is 4.31 Å². The van der Waals surface area contributed by atoms with E-state index < -0.39 is 10.0 Å². The first kappa shape index (κ1) is 18.5. The predicted molar refractivity (Wildman–Crippen MR) is 104 cm³/mol. The lowest BCUT2D eigenvalue weighted by atomic mass is 10.0. The topological polar surface area (TPSA) is 57.7 Å². The molecule has 26 heavy (non-hydrogen) atoms. The summed E-state index contributed by atoms with van der Waals surface area (Å²) >= 11 is 0. The van der Waals surface area contributed by atoms with Gasteiger partial charge in [0, 0.05) is 25.7 Å². The van der Waals surface area contributed by atoms with Gasteiger partial charge in [-0.05, 0) is 61.2 Å². The lowest BCUT2D eigenvalue weighted by Gasteiger charge is -2.30. The molecule has 1 heterocycles. The highest BCUT2D eigenvalue weighted by Crippen LogP contribution is 2.31. The number of hydrogen-bond acceptors (Lipinski definition) is 3. The fourth-order valence-corrected chi connectivity index (χ4v) is 4.54. The van der Waals surface area contributed by atoms with Crippen LogP contribution in [0.5, 0.6) is 0 Å². The highest BCUT2D eigenvalue weighted by atomic mass is 32.2. The van der Waals surface area contributed by atoms with Crippen LogP contribution in [-0.2, 0) is 21.2 Å². The van der Waals surface area contributed by atoms with Gasteiger partial charge in [0.2, 0.25) is 5.91 Å². The molecule has 0 atom stereocenters. The number of sulfonamides is 1. The van der Waals surface area contributed by atoms with Crippen molar-refractivity contribution in [2.24, 2.45) is 0 Å². The van der Waals surface area contributed by atoms with Crippen LogP contribution in [0.15, 0.2) is 47.4 Å². The van der Waals surface area contributed by atoms with Crippen LogP contribution in [0, 0.1) is 6.92 Å². The second kappa shape index (κ2) is 7.11. The highest BCUT2D eigenvalue weighted by Gasteiger charge is 2.26. The van der Waals surface area contributed by atoms with Crippen molar-refractivity contribution in [2.75, 3.05) is 22.8 Å². The van der Waals surface area contributed by atoms with Gasteiger partial charge in [0.05, 0.1) is 10.6 Å². The summed E-state index contributed by atoms with van der Waals surface area (Å²) in [5, 5.41) is 0. The second-order valence-corrected chi connectivity index (χ2v) is 8.57. The van der Waals surface area contributed by atoms with Crippen molar-refractivity contribution in [3.63, 3.8) is 0 Å². The molecule has 0 spiro atoms. The number of rotatable bonds is 4. The molecule has 0 radical (unpaired) electrons. The SMILES string of the molecule is CCC(=O)N1CCCc2cc(S(=O)(=O)N(C)c3cccc(C)c3)ccc21. The summed E-state index contributed by atoms with van der Waals surface area (Å²) in [7, 11) is -2.09. The van der Waals surface area contributed by atoms with Crippen LogP contribution < -0.4 is 9.21 Å². The molecule has 3 rings (SSSR count). The Morgan fingerprint density at radius 1 is 1.19 bits per heavy atom. The number of carbonyl (C=O) groups is 1. The fraction of sp³-hybridized carbons (Fsp3) is 0.350. The van der Waals surface area contributed by atoms with E-state index in [9.17, 15) is 13.2 Å². The van der Waals surface area contributed by atoms with Crippen molar-refractivity contribution in [2.45, 2.75) is 38.0 Å². The molecule has 0 fully saturated rings. The van der Waals surface area contributed by atoms with Crippen LogP contribution in [0.2, 0.25) is 0 Å². The minimum atomic E-state index is -3.66. The lowest BCUT2D eigenvalue weighted by molar-refractivity contribution is -0.118. The van der Waals surface area contributed by atoms with Gasteiger partial charge in [0.15, 0.2) is 0 Å². The minimum absolute atomic E-state index is 0.0680. The van der Waals surface area contributed by atoms with Crippen molar-refractivity contribution in [1.82, 2.24) is 0 Å². The number of fused-ring (bicyclic) bond motifs is 1. The molecule has 2 aromatic rings. The summed E-state index contributed by atoms with van der Waals surface area (Å²) in [5.41, 5.74) is 3.38. The molecular formula is C20H24N2O3S. The van der Waals surface area contributed by atoms with Crippen molar-refractivity contribution < 1.29 is 13.2 Å². The maximum Gasteiger partial charge on any atom is 0.264 e. The fourth-order valence-electron chi connectivity index (χ4n) is 3.30. The molecule has 138 valence electrons. The van der Waals surface area contributed by atoms with E-state index in [-0.39, 0.29) is 10.8 Å². The molecule has 0 saturated carbocycles. The third kappa shape index (κ3) is 3.33. The first-order valence-corrected chi connectivity index (χ1v) is 10.3. The molecule has 1 aliphatic heterocycles. The van der Waals surface area contributed by atoms with E-state index in [1.54, 1.807) is 36.2 Å². The smallest absolute Gasteiger partial charge is 0.264 e. The minimum Gasteiger partial charge on any atom is -0.312 e. The maximum atomic E-state index is 13.0. The molecule has 6 heteroatoms. The number of carbonyl (C=O) groups excluding carboxylic acids is 1. The third-order valence-electron chi connectivity index (χ3n) is 4.80. The van der Waals surface area contributed by atoms with E-state index in [4.69, 9.17) is 0 Å². The Morgan fingerprint density at radius 2 is 1.96 bits per heavy atom. The van der Waals surface area contributed by atoms with Crippen LogP contribution in [0.4, 0.5) is 11.4 Å². The Balaban J connectivity index is 1.98. The number of amides is 1. The zero-order valence-corrected chi connectivity index (χ0v) is 16.2. The Bertz CT molecular complexity index is 938. The van der Waals surface area contributed by atoms with Gasteiger partial charge < -0.3 is 4.90 Å². The number of aryl methyl sites for hydroxylation is 2. The standard InChI is InChI=1S/C20H24N2O3S/c1-4-20(23)22-12-6-8-16-14-18(10-11-19(16)22)26(24,25)21(3)17-9-5-7-15(2)13-17/h5,7,9-11,13-14H,4,6,8,12H2,1-3H3. The zero-order chi connectivity index (χ0) is 18.9. The third-order valence-corrected chi connectivity index (χ3v) is 6.58. The van der Waals surface area contributed by atoms with Gasteiger partial charge >= 0.3 is 0 Å². The van der Waals surface area contributed by atoms with Gasteiger partial charge in [-0.25, -0.2) is 8.42 Å². The molecule has 0 aliphatic carbocycles. The van der Waals surface area contributed by atoms with Crippen LogP contribution in [-0.4, -0.2) is 27.9 Å². The number of nitrogens with zero attached hydrogens (tertiary/aromatic N) is 2. The predicted octanol–water partition coefficient (Wildman–Crippen LogP) is 3.51. The quantitative estimate of drug-likeness (QED) is 0.825. The Kier molecular flexibility index (Phi) is 5.05. The Hall–Kier alpha value is -2.34. The summed E-state index contributed by atoms with van der Waals surface area (Å²) in [6, 6.07) is 12.5. The zero-order valence-electron chi connectivity index (χ0n) is 15.4. The molecular weight excluding hydrogens is 348 g/mol. The van der Waals surface area contributed by atoms with Gasteiger partial charge in [-0.2, -0.15) is 0 Å². The van der Waals surface area contributed by atoms with Gasteiger partial charge in [0.25, 0.3) is 10.0 Å². The number of anilines is 2. The molecule has 1 aliphatic rings. The Labute approximate surface area is 155 Å². The normalized spacial score (nSPS) is 14.0. The van der Waals surface area contributed by atoms with Crippen molar-refractivity contribution in [3.05, 3.63) is 53.6 Å². The summed E-state index contributed by atoms with van der Waals surface area (Å²) in [4.78, 5) is 14.2. The van der Waals surface area contributed by atoms with Gasteiger partial charge in [-0.15, -0.1) is 0 Å².